The van der Waals surface area contributed by atoms with Gasteiger partial charge in [0.15, 0.2) is 5.78 Å². The van der Waals surface area contributed by atoms with E-state index < -0.39 is 0 Å². The lowest BCUT2D eigenvalue weighted by Crippen LogP contribution is -2.21. The predicted molar refractivity (Wildman–Crippen MR) is 75.0 cm³/mol. The Labute approximate surface area is 113 Å². The van der Waals surface area contributed by atoms with Gasteiger partial charge in [-0.2, -0.15) is 0 Å². The summed E-state index contributed by atoms with van der Waals surface area (Å²) in [4.78, 5) is 12.1. The van der Waals surface area contributed by atoms with Crippen LogP contribution >= 0.6 is 11.6 Å². The second kappa shape index (κ2) is 5.72. The number of benzene rings is 1. The Hall–Kier alpha value is -1.06. The summed E-state index contributed by atoms with van der Waals surface area (Å²) in [6, 6.07) is 3.52. The molecule has 0 bridgehead atoms. The van der Waals surface area contributed by atoms with Crippen LogP contribution in [-0.2, 0) is 5.41 Å². The number of methoxy groups -OCH3 is 1. The molecule has 100 valence electrons. The van der Waals surface area contributed by atoms with E-state index in [4.69, 9.17) is 16.3 Å². The summed E-state index contributed by atoms with van der Waals surface area (Å²) < 4.78 is 5.42. The molecule has 0 aliphatic rings. The highest BCUT2D eigenvalue weighted by Gasteiger charge is 2.24. The van der Waals surface area contributed by atoms with Crippen molar-refractivity contribution in [2.75, 3.05) is 20.7 Å². The number of hydrogen-bond donors (Lipinski definition) is 1. The molecule has 0 aliphatic heterocycles. The van der Waals surface area contributed by atoms with E-state index in [9.17, 15) is 4.79 Å². The molecule has 1 rings (SSSR count). The molecule has 0 fully saturated rings. The van der Waals surface area contributed by atoms with E-state index in [1.54, 1.807) is 20.2 Å². The minimum absolute atomic E-state index is 0.0256. The van der Waals surface area contributed by atoms with Gasteiger partial charge in [-0.1, -0.05) is 32.4 Å². The van der Waals surface area contributed by atoms with Crippen LogP contribution in [0.25, 0.3) is 0 Å². The number of carbonyl (C=O) groups is 1. The maximum Gasteiger partial charge on any atom is 0.180 e. The Bertz CT molecular complexity index is 450. The highest BCUT2D eigenvalue weighted by Crippen LogP contribution is 2.36. The summed E-state index contributed by atoms with van der Waals surface area (Å²) in [6.45, 7) is 6.45. The Morgan fingerprint density at radius 2 is 2.00 bits per heavy atom. The number of Topliss-reactive ketones (excluding diaryl/α,β-unsaturated/α-hetero) is 1. The first-order valence-corrected chi connectivity index (χ1v) is 6.25. The van der Waals surface area contributed by atoms with Gasteiger partial charge in [-0.3, -0.25) is 4.79 Å². The SMILES string of the molecule is CNCC(=O)c1cc(Cl)cc(C(C)(C)C)c1OC. The van der Waals surface area contributed by atoms with E-state index in [1.165, 1.54) is 0 Å². The molecule has 18 heavy (non-hydrogen) atoms. The van der Waals surface area contributed by atoms with E-state index in [-0.39, 0.29) is 17.7 Å². The first kappa shape index (κ1) is 15.0. The summed E-state index contributed by atoms with van der Waals surface area (Å²) in [5.74, 6) is 0.592. The summed E-state index contributed by atoms with van der Waals surface area (Å²) in [5.41, 5.74) is 1.34. The molecule has 1 N–H and O–H groups in total. The number of ketones is 1. The summed E-state index contributed by atoms with van der Waals surface area (Å²) in [7, 11) is 3.31. The molecule has 0 aliphatic carbocycles. The van der Waals surface area contributed by atoms with Crippen molar-refractivity contribution in [2.45, 2.75) is 26.2 Å². The maximum absolute atomic E-state index is 12.1. The van der Waals surface area contributed by atoms with Gasteiger partial charge >= 0.3 is 0 Å². The van der Waals surface area contributed by atoms with Crippen LogP contribution in [0, 0.1) is 0 Å². The molecule has 0 saturated heterocycles. The first-order valence-electron chi connectivity index (χ1n) is 5.87. The predicted octanol–water partition coefficient (Wildman–Crippen LogP) is 3.05. The van der Waals surface area contributed by atoms with Crippen molar-refractivity contribution in [1.82, 2.24) is 5.32 Å². The fraction of sp³-hybridized carbons (Fsp3) is 0.500. The zero-order valence-corrected chi connectivity index (χ0v) is 12.3. The lowest BCUT2D eigenvalue weighted by Gasteiger charge is -2.24. The summed E-state index contributed by atoms with van der Waals surface area (Å²) in [6.07, 6.45) is 0. The largest absolute Gasteiger partial charge is 0.496 e. The summed E-state index contributed by atoms with van der Waals surface area (Å²) in [5, 5.41) is 3.40. The van der Waals surface area contributed by atoms with E-state index in [1.807, 2.05) is 6.07 Å². The van der Waals surface area contributed by atoms with Gasteiger partial charge in [-0.05, 0) is 24.6 Å². The summed E-state index contributed by atoms with van der Waals surface area (Å²) >= 11 is 6.10. The molecule has 3 nitrogen and oxygen atoms in total. The molecular formula is C14H20ClNO2. The number of rotatable bonds is 4. The van der Waals surface area contributed by atoms with Gasteiger partial charge in [0.25, 0.3) is 0 Å². The Morgan fingerprint density at radius 1 is 1.39 bits per heavy atom. The van der Waals surface area contributed by atoms with Crippen LogP contribution in [0.2, 0.25) is 5.02 Å². The fourth-order valence-corrected chi connectivity index (χ4v) is 2.05. The number of hydrogen-bond acceptors (Lipinski definition) is 3. The average molecular weight is 270 g/mol. The maximum atomic E-state index is 12.1. The van der Waals surface area contributed by atoms with Crippen molar-refractivity contribution in [2.24, 2.45) is 0 Å². The molecule has 0 unspecified atom stereocenters. The van der Waals surface area contributed by atoms with Gasteiger partial charge in [0, 0.05) is 10.6 Å². The van der Waals surface area contributed by atoms with Crippen LogP contribution in [0.4, 0.5) is 0 Å². The van der Waals surface area contributed by atoms with Crippen molar-refractivity contribution in [3.8, 4) is 5.75 Å². The number of nitrogens with one attached hydrogen (secondary N) is 1. The third-order valence-electron chi connectivity index (χ3n) is 2.70. The highest BCUT2D eigenvalue weighted by atomic mass is 35.5. The van der Waals surface area contributed by atoms with E-state index in [0.717, 1.165) is 5.56 Å². The van der Waals surface area contributed by atoms with Crippen molar-refractivity contribution >= 4 is 17.4 Å². The Balaban J connectivity index is 3.43. The smallest absolute Gasteiger partial charge is 0.180 e. The van der Waals surface area contributed by atoms with Crippen molar-refractivity contribution in [1.29, 1.82) is 0 Å². The molecule has 4 heteroatoms. The van der Waals surface area contributed by atoms with Crippen LogP contribution < -0.4 is 10.1 Å². The zero-order valence-electron chi connectivity index (χ0n) is 11.6. The molecular weight excluding hydrogens is 250 g/mol. The number of likely N-dealkylation sites (N-methyl/N-ethyl adjacent to an activating group) is 1. The number of carbonyl (C=O) groups excluding carboxylic acids is 1. The monoisotopic (exact) mass is 269 g/mol. The van der Waals surface area contributed by atoms with E-state index in [2.05, 4.69) is 26.1 Å². The Morgan fingerprint density at radius 3 is 2.44 bits per heavy atom. The second-order valence-corrected chi connectivity index (χ2v) is 5.67. The van der Waals surface area contributed by atoms with Crippen LogP contribution in [0.3, 0.4) is 0 Å². The quantitative estimate of drug-likeness (QED) is 0.854. The second-order valence-electron chi connectivity index (χ2n) is 5.24. The molecule has 0 aromatic heterocycles. The Kier molecular flexibility index (Phi) is 4.77. The highest BCUT2D eigenvalue weighted by molar-refractivity contribution is 6.31. The van der Waals surface area contributed by atoms with Gasteiger partial charge in [0.1, 0.15) is 5.75 Å². The molecule has 0 radical (unpaired) electrons. The van der Waals surface area contributed by atoms with Gasteiger partial charge in [0.05, 0.1) is 19.2 Å². The third-order valence-corrected chi connectivity index (χ3v) is 2.92. The van der Waals surface area contributed by atoms with Gasteiger partial charge in [-0.25, -0.2) is 0 Å². The first-order chi connectivity index (χ1) is 8.31. The van der Waals surface area contributed by atoms with Crippen LogP contribution in [0.15, 0.2) is 12.1 Å². The topological polar surface area (TPSA) is 38.3 Å². The molecule has 0 atom stereocenters. The fourth-order valence-electron chi connectivity index (χ4n) is 1.83. The molecule has 0 saturated carbocycles. The molecule has 1 aromatic carbocycles. The lowest BCUT2D eigenvalue weighted by molar-refractivity contribution is 0.0990. The van der Waals surface area contributed by atoms with Gasteiger partial charge in [0.2, 0.25) is 0 Å². The zero-order chi connectivity index (χ0) is 13.9. The number of ether oxygens (including phenoxy) is 1. The molecule has 0 amide bonds. The number of halogens is 1. The third kappa shape index (κ3) is 3.24. The normalized spacial score (nSPS) is 11.4. The van der Waals surface area contributed by atoms with E-state index in [0.29, 0.717) is 16.3 Å². The lowest BCUT2D eigenvalue weighted by atomic mass is 9.84. The minimum atomic E-state index is -0.134. The van der Waals surface area contributed by atoms with Crippen LogP contribution in [-0.4, -0.2) is 26.5 Å². The standard InChI is InChI=1S/C14H20ClNO2/c1-14(2,3)11-7-9(15)6-10(13(11)18-5)12(17)8-16-4/h6-7,16H,8H2,1-5H3. The van der Waals surface area contributed by atoms with Crippen molar-refractivity contribution in [3.63, 3.8) is 0 Å². The average Bonchev–Trinajstić information content (AvgIpc) is 2.27. The van der Waals surface area contributed by atoms with Gasteiger partial charge < -0.3 is 10.1 Å². The van der Waals surface area contributed by atoms with Crippen LogP contribution in [0.1, 0.15) is 36.7 Å². The van der Waals surface area contributed by atoms with Crippen molar-refractivity contribution in [3.05, 3.63) is 28.3 Å². The van der Waals surface area contributed by atoms with Gasteiger partial charge in [-0.15, -0.1) is 0 Å². The minimum Gasteiger partial charge on any atom is -0.496 e. The van der Waals surface area contributed by atoms with Crippen molar-refractivity contribution < 1.29 is 9.53 Å². The van der Waals surface area contributed by atoms with E-state index >= 15 is 0 Å². The molecule has 1 aromatic rings. The van der Waals surface area contributed by atoms with Crippen LogP contribution in [0.5, 0.6) is 5.75 Å². The molecule has 0 spiro atoms. The molecule has 0 heterocycles.